The number of hydrogen-bond acceptors (Lipinski definition) is 5. The lowest BCUT2D eigenvalue weighted by atomic mass is 10.2. The molecule has 0 fully saturated rings. The van der Waals surface area contributed by atoms with Crippen molar-refractivity contribution in [2.24, 2.45) is 0 Å². The van der Waals surface area contributed by atoms with E-state index in [1.807, 2.05) is 0 Å². The van der Waals surface area contributed by atoms with Gasteiger partial charge in [-0.1, -0.05) is 17.7 Å². The number of carbonyl (C=O) groups is 1. The van der Waals surface area contributed by atoms with E-state index >= 15 is 0 Å². The van der Waals surface area contributed by atoms with Gasteiger partial charge in [-0.05, 0) is 55.8 Å². The van der Waals surface area contributed by atoms with E-state index in [1.54, 1.807) is 56.3 Å². The molecule has 1 amide bonds. The number of nitrogens with zero attached hydrogens (tertiary/aromatic N) is 1. The van der Waals surface area contributed by atoms with Crippen molar-refractivity contribution in [1.82, 2.24) is 10.2 Å². The third-order valence-electron chi connectivity index (χ3n) is 4.19. The summed E-state index contributed by atoms with van der Waals surface area (Å²) in [4.78, 5) is 12.8. The number of aromatic amines is 1. The second-order valence-electron chi connectivity index (χ2n) is 6.28. The van der Waals surface area contributed by atoms with Crippen LogP contribution in [0.4, 0.5) is 11.4 Å². The molecule has 3 N–H and O–H groups in total. The molecule has 1 aromatic heterocycles. The van der Waals surface area contributed by atoms with Crippen molar-refractivity contribution in [3.63, 3.8) is 0 Å². The lowest BCUT2D eigenvalue weighted by Crippen LogP contribution is -2.20. The summed E-state index contributed by atoms with van der Waals surface area (Å²) in [7, 11) is -2.61. The minimum absolute atomic E-state index is 0.0783. The van der Waals surface area contributed by atoms with Gasteiger partial charge in [-0.3, -0.25) is 14.6 Å². The Labute approximate surface area is 173 Å². The molecule has 0 saturated carbocycles. The predicted octanol–water partition coefficient (Wildman–Crippen LogP) is 3.74. The minimum Gasteiger partial charge on any atom is -0.497 e. The number of aromatic nitrogens is 2. The first kappa shape index (κ1) is 20.7. The second kappa shape index (κ2) is 8.14. The van der Waals surface area contributed by atoms with Crippen LogP contribution < -0.4 is 14.8 Å². The zero-order valence-electron chi connectivity index (χ0n) is 15.9. The first-order valence-electron chi connectivity index (χ1n) is 8.50. The Balaban J connectivity index is 1.91. The zero-order valence-corrected chi connectivity index (χ0v) is 17.5. The molecule has 10 heteroatoms. The standard InChI is InChI=1S/C19H19ClN4O4S/c1-11-4-5-13(20)10-16(11)21-18(25)17-12(2)22-23-19(17)29(26,27)24-14-6-8-15(28-3)9-7-14/h4-10,24H,1-3H3,(H,21,25)(H,22,23). The van der Waals surface area contributed by atoms with Gasteiger partial charge in [-0.2, -0.15) is 13.5 Å². The van der Waals surface area contributed by atoms with Crippen LogP contribution in [0.1, 0.15) is 21.6 Å². The molecule has 29 heavy (non-hydrogen) atoms. The number of H-pyrrole nitrogens is 1. The zero-order chi connectivity index (χ0) is 21.2. The Bertz CT molecular complexity index is 1160. The first-order valence-corrected chi connectivity index (χ1v) is 10.4. The van der Waals surface area contributed by atoms with E-state index < -0.39 is 21.0 Å². The molecule has 1 heterocycles. The van der Waals surface area contributed by atoms with Gasteiger partial charge in [-0.25, -0.2) is 0 Å². The molecule has 0 atom stereocenters. The van der Waals surface area contributed by atoms with Crippen LogP contribution in [0.15, 0.2) is 47.5 Å². The number of nitrogens with one attached hydrogen (secondary N) is 3. The van der Waals surface area contributed by atoms with Crippen LogP contribution in [0.3, 0.4) is 0 Å². The normalized spacial score (nSPS) is 11.2. The lowest BCUT2D eigenvalue weighted by Gasteiger charge is -2.11. The fourth-order valence-electron chi connectivity index (χ4n) is 2.64. The van der Waals surface area contributed by atoms with Crippen LogP contribution in [0.25, 0.3) is 0 Å². The molecule has 0 bridgehead atoms. The average molecular weight is 435 g/mol. The van der Waals surface area contributed by atoms with Crippen molar-refractivity contribution in [3.05, 3.63) is 64.3 Å². The summed E-state index contributed by atoms with van der Waals surface area (Å²) in [5.74, 6) is -0.0303. The van der Waals surface area contributed by atoms with Crippen molar-refractivity contribution in [3.8, 4) is 5.75 Å². The largest absolute Gasteiger partial charge is 0.497 e. The van der Waals surface area contributed by atoms with Crippen LogP contribution in [-0.4, -0.2) is 31.6 Å². The Morgan fingerprint density at radius 3 is 2.48 bits per heavy atom. The maximum Gasteiger partial charge on any atom is 0.282 e. The molecule has 0 saturated heterocycles. The molecule has 0 aliphatic carbocycles. The number of anilines is 2. The smallest absolute Gasteiger partial charge is 0.282 e. The van der Waals surface area contributed by atoms with E-state index in [0.717, 1.165) is 5.56 Å². The Morgan fingerprint density at radius 1 is 1.14 bits per heavy atom. The third kappa shape index (κ3) is 4.52. The van der Waals surface area contributed by atoms with Crippen LogP contribution in [0, 0.1) is 13.8 Å². The van der Waals surface area contributed by atoms with Gasteiger partial charge in [0.15, 0.2) is 0 Å². The lowest BCUT2D eigenvalue weighted by molar-refractivity contribution is 0.102. The SMILES string of the molecule is COc1ccc(NS(=O)(=O)c2n[nH]c(C)c2C(=O)Nc2cc(Cl)ccc2C)cc1. The topological polar surface area (TPSA) is 113 Å². The number of amides is 1. The Hall–Kier alpha value is -3.04. The number of benzene rings is 2. The average Bonchev–Trinajstić information content (AvgIpc) is 3.07. The molecule has 152 valence electrons. The number of hydrogen-bond donors (Lipinski definition) is 3. The van der Waals surface area contributed by atoms with Crippen LogP contribution in [-0.2, 0) is 10.0 Å². The van der Waals surface area contributed by atoms with Gasteiger partial charge in [0.2, 0.25) is 5.03 Å². The van der Waals surface area contributed by atoms with Gasteiger partial charge in [-0.15, -0.1) is 0 Å². The fourth-order valence-corrected chi connectivity index (χ4v) is 4.04. The molecule has 3 aromatic rings. The number of halogens is 1. The molecule has 0 radical (unpaired) electrons. The van der Waals surface area contributed by atoms with E-state index in [4.69, 9.17) is 16.3 Å². The molecule has 0 aliphatic rings. The van der Waals surface area contributed by atoms with Crippen LogP contribution >= 0.6 is 11.6 Å². The summed E-state index contributed by atoms with van der Waals surface area (Å²) in [6.45, 7) is 3.37. The quantitative estimate of drug-likeness (QED) is 0.547. The monoisotopic (exact) mass is 434 g/mol. The highest BCUT2D eigenvalue weighted by Crippen LogP contribution is 2.25. The molecule has 2 aromatic carbocycles. The van der Waals surface area contributed by atoms with Crippen molar-refractivity contribution < 1.29 is 17.9 Å². The molecular weight excluding hydrogens is 416 g/mol. The first-order chi connectivity index (χ1) is 13.7. The summed E-state index contributed by atoms with van der Waals surface area (Å²) >= 11 is 5.99. The maximum absolute atomic E-state index is 12.8. The molecule has 0 aliphatic heterocycles. The van der Waals surface area contributed by atoms with E-state index in [-0.39, 0.29) is 5.56 Å². The summed E-state index contributed by atoms with van der Waals surface area (Å²) < 4.78 is 33.2. The summed E-state index contributed by atoms with van der Waals surface area (Å²) in [5, 5.41) is 9.14. The molecule has 3 rings (SSSR count). The second-order valence-corrected chi connectivity index (χ2v) is 8.31. The van der Waals surface area contributed by atoms with Crippen LogP contribution in [0.5, 0.6) is 5.75 Å². The van der Waals surface area contributed by atoms with E-state index in [9.17, 15) is 13.2 Å². The van der Waals surface area contributed by atoms with Gasteiger partial charge in [0.1, 0.15) is 11.3 Å². The number of ether oxygens (including phenoxy) is 1. The predicted molar refractivity (Wildman–Crippen MR) is 111 cm³/mol. The summed E-state index contributed by atoms with van der Waals surface area (Å²) in [5.41, 5.74) is 1.81. The van der Waals surface area contributed by atoms with Gasteiger partial charge in [0.25, 0.3) is 15.9 Å². The Morgan fingerprint density at radius 2 is 1.83 bits per heavy atom. The van der Waals surface area contributed by atoms with Crippen molar-refractivity contribution in [2.75, 3.05) is 17.1 Å². The van der Waals surface area contributed by atoms with Crippen molar-refractivity contribution >= 4 is 38.9 Å². The highest BCUT2D eigenvalue weighted by atomic mass is 35.5. The van der Waals surface area contributed by atoms with Gasteiger partial charge >= 0.3 is 0 Å². The number of rotatable bonds is 6. The van der Waals surface area contributed by atoms with E-state index in [0.29, 0.717) is 27.8 Å². The number of carbonyl (C=O) groups excluding carboxylic acids is 1. The number of sulfonamides is 1. The highest BCUT2D eigenvalue weighted by molar-refractivity contribution is 7.92. The third-order valence-corrected chi connectivity index (χ3v) is 5.73. The molecular formula is C19H19ClN4O4S. The van der Waals surface area contributed by atoms with Gasteiger partial charge < -0.3 is 10.1 Å². The molecule has 0 spiro atoms. The van der Waals surface area contributed by atoms with Crippen molar-refractivity contribution in [2.45, 2.75) is 18.9 Å². The van der Waals surface area contributed by atoms with E-state index in [2.05, 4.69) is 20.2 Å². The Kier molecular flexibility index (Phi) is 5.81. The molecule has 8 nitrogen and oxygen atoms in total. The van der Waals surface area contributed by atoms with Gasteiger partial charge in [0, 0.05) is 22.1 Å². The number of aryl methyl sites for hydroxylation is 2. The number of methoxy groups -OCH3 is 1. The van der Waals surface area contributed by atoms with Crippen LogP contribution in [0.2, 0.25) is 5.02 Å². The van der Waals surface area contributed by atoms with Crippen molar-refractivity contribution in [1.29, 1.82) is 0 Å². The minimum atomic E-state index is -4.12. The van der Waals surface area contributed by atoms with E-state index in [1.165, 1.54) is 7.11 Å². The highest BCUT2D eigenvalue weighted by Gasteiger charge is 2.28. The van der Waals surface area contributed by atoms with Gasteiger partial charge in [0.05, 0.1) is 7.11 Å². The molecule has 0 unspecified atom stereocenters. The summed E-state index contributed by atoms with van der Waals surface area (Å²) in [6, 6.07) is 11.4. The maximum atomic E-state index is 12.8. The fraction of sp³-hybridized carbons (Fsp3) is 0.158. The summed E-state index contributed by atoms with van der Waals surface area (Å²) in [6.07, 6.45) is 0.